The highest BCUT2D eigenvalue weighted by Crippen LogP contribution is 2.20. The van der Waals surface area contributed by atoms with E-state index >= 15 is 0 Å². The molecule has 0 amide bonds. The van der Waals surface area contributed by atoms with E-state index in [1.165, 1.54) is 24.3 Å². The van der Waals surface area contributed by atoms with Gasteiger partial charge in [0.25, 0.3) is 5.69 Å². The molecule has 116 valence electrons. The summed E-state index contributed by atoms with van der Waals surface area (Å²) in [5, 5.41) is 10.6. The van der Waals surface area contributed by atoms with Crippen LogP contribution in [0.1, 0.15) is 32.1 Å². The first-order chi connectivity index (χ1) is 9.90. The van der Waals surface area contributed by atoms with Crippen LogP contribution < -0.4 is 10.5 Å². The van der Waals surface area contributed by atoms with Gasteiger partial charge in [-0.15, -0.1) is 0 Å². The molecular weight excluding hydrogens is 294 g/mol. The Morgan fingerprint density at radius 3 is 2.38 bits per heavy atom. The standard InChI is InChI=1S/C13H19N3O4S/c14-12-4-2-1-3-5-13(12)15-21(19,20)11-8-6-10(7-9-11)16(17)18/h6-9,12-13,15H,1-5,14H2/t12-,13+/m0/s1. The van der Waals surface area contributed by atoms with Gasteiger partial charge >= 0.3 is 0 Å². The average Bonchev–Trinajstić information content (AvgIpc) is 2.64. The van der Waals surface area contributed by atoms with Crippen LogP contribution in [0.15, 0.2) is 29.2 Å². The predicted octanol–water partition coefficient (Wildman–Crippen LogP) is 1.53. The SMILES string of the molecule is N[C@H]1CCCCC[C@H]1NS(=O)(=O)c1ccc([N+](=O)[O-])cc1. The van der Waals surface area contributed by atoms with E-state index in [2.05, 4.69) is 4.72 Å². The maximum atomic E-state index is 12.3. The summed E-state index contributed by atoms with van der Waals surface area (Å²) in [5.41, 5.74) is 5.87. The highest BCUT2D eigenvalue weighted by molar-refractivity contribution is 7.89. The zero-order valence-electron chi connectivity index (χ0n) is 11.6. The summed E-state index contributed by atoms with van der Waals surface area (Å²) in [5.74, 6) is 0. The minimum absolute atomic E-state index is 0.0181. The van der Waals surface area contributed by atoms with Gasteiger partial charge in [0, 0.05) is 24.2 Å². The van der Waals surface area contributed by atoms with Gasteiger partial charge in [-0.3, -0.25) is 10.1 Å². The number of nitro groups is 1. The summed E-state index contributed by atoms with van der Waals surface area (Å²) < 4.78 is 27.2. The first kappa shape index (κ1) is 15.9. The second-order valence-corrected chi connectivity index (χ2v) is 6.99. The van der Waals surface area contributed by atoms with E-state index in [-0.39, 0.29) is 22.7 Å². The minimum Gasteiger partial charge on any atom is -0.326 e. The Morgan fingerprint density at radius 1 is 1.14 bits per heavy atom. The Kier molecular flexibility index (Phi) is 4.92. The third-order valence-corrected chi connectivity index (χ3v) is 5.24. The summed E-state index contributed by atoms with van der Waals surface area (Å²) in [6.45, 7) is 0. The summed E-state index contributed by atoms with van der Waals surface area (Å²) in [4.78, 5) is 10.0. The second kappa shape index (κ2) is 6.50. The van der Waals surface area contributed by atoms with Gasteiger partial charge in [-0.2, -0.15) is 0 Å². The van der Waals surface area contributed by atoms with Gasteiger partial charge in [0.15, 0.2) is 0 Å². The Morgan fingerprint density at radius 2 is 1.76 bits per heavy atom. The lowest BCUT2D eigenvalue weighted by molar-refractivity contribution is -0.384. The van der Waals surface area contributed by atoms with Crippen molar-refractivity contribution in [3.05, 3.63) is 34.4 Å². The van der Waals surface area contributed by atoms with Crippen molar-refractivity contribution < 1.29 is 13.3 Å². The number of nitrogens with zero attached hydrogens (tertiary/aromatic N) is 1. The molecule has 1 saturated carbocycles. The van der Waals surface area contributed by atoms with Gasteiger partial charge in [0.05, 0.1) is 9.82 Å². The van der Waals surface area contributed by atoms with E-state index in [1.807, 2.05) is 0 Å². The molecule has 0 unspecified atom stereocenters. The van der Waals surface area contributed by atoms with Crippen molar-refractivity contribution >= 4 is 15.7 Å². The molecule has 2 atom stereocenters. The molecule has 21 heavy (non-hydrogen) atoms. The fraction of sp³-hybridized carbons (Fsp3) is 0.538. The zero-order valence-corrected chi connectivity index (χ0v) is 12.4. The molecule has 1 aliphatic carbocycles. The van der Waals surface area contributed by atoms with E-state index in [0.717, 1.165) is 25.7 Å². The van der Waals surface area contributed by atoms with Crippen LogP contribution in [-0.4, -0.2) is 25.4 Å². The molecule has 7 nitrogen and oxygen atoms in total. The molecule has 0 heterocycles. The Bertz CT molecular complexity index is 600. The fourth-order valence-electron chi connectivity index (χ4n) is 2.50. The molecule has 1 fully saturated rings. The lowest BCUT2D eigenvalue weighted by Gasteiger charge is -2.22. The number of nitrogens with two attached hydrogens (primary N) is 1. The average molecular weight is 313 g/mol. The molecule has 3 N–H and O–H groups in total. The topological polar surface area (TPSA) is 115 Å². The van der Waals surface area contributed by atoms with Gasteiger partial charge in [-0.05, 0) is 25.0 Å². The highest BCUT2D eigenvalue weighted by atomic mass is 32.2. The van der Waals surface area contributed by atoms with Gasteiger partial charge in [-0.1, -0.05) is 19.3 Å². The summed E-state index contributed by atoms with van der Waals surface area (Å²) in [6, 6.07) is 4.36. The Balaban J connectivity index is 2.15. The zero-order chi connectivity index (χ0) is 15.5. The molecule has 1 aromatic rings. The Labute approximate surface area is 123 Å². The van der Waals surface area contributed by atoms with Crippen LogP contribution in [0.3, 0.4) is 0 Å². The maximum Gasteiger partial charge on any atom is 0.269 e. The fourth-order valence-corrected chi connectivity index (χ4v) is 3.82. The van der Waals surface area contributed by atoms with Crippen LogP contribution in [0, 0.1) is 10.1 Å². The summed E-state index contributed by atoms with van der Waals surface area (Å²) in [6.07, 6.45) is 4.53. The third-order valence-electron chi connectivity index (χ3n) is 3.73. The summed E-state index contributed by atoms with van der Waals surface area (Å²) in [7, 11) is -3.70. The number of benzene rings is 1. The molecule has 2 rings (SSSR count). The predicted molar refractivity (Wildman–Crippen MR) is 78.3 cm³/mol. The lowest BCUT2D eigenvalue weighted by atomic mass is 10.1. The molecule has 0 spiro atoms. The molecule has 0 radical (unpaired) electrons. The van der Waals surface area contributed by atoms with E-state index in [9.17, 15) is 18.5 Å². The van der Waals surface area contributed by atoms with Crippen LogP contribution in [0.4, 0.5) is 5.69 Å². The third kappa shape index (κ3) is 3.99. The van der Waals surface area contributed by atoms with Crippen LogP contribution in [0.25, 0.3) is 0 Å². The first-order valence-corrected chi connectivity index (χ1v) is 8.41. The van der Waals surface area contributed by atoms with Crippen LogP contribution in [0.2, 0.25) is 0 Å². The molecule has 8 heteroatoms. The molecule has 1 aromatic carbocycles. The van der Waals surface area contributed by atoms with E-state index in [0.29, 0.717) is 6.42 Å². The Hall–Kier alpha value is -1.51. The van der Waals surface area contributed by atoms with E-state index in [1.54, 1.807) is 0 Å². The lowest BCUT2D eigenvalue weighted by Crippen LogP contribution is -2.46. The molecule has 1 aliphatic rings. The number of hydrogen-bond donors (Lipinski definition) is 2. The van der Waals surface area contributed by atoms with Gasteiger partial charge < -0.3 is 5.73 Å². The number of hydrogen-bond acceptors (Lipinski definition) is 5. The number of rotatable bonds is 4. The van der Waals surface area contributed by atoms with Crippen molar-refractivity contribution in [3.63, 3.8) is 0 Å². The van der Waals surface area contributed by atoms with E-state index in [4.69, 9.17) is 5.73 Å². The second-order valence-electron chi connectivity index (χ2n) is 5.28. The number of nitrogens with one attached hydrogen (secondary N) is 1. The van der Waals surface area contributed by atoms with Gasteiger partial charge in [0.2, 0.25) is 10.0 Å². The largest absolute Gasteiger partial charge is 0.326 e. The van der Waals surface area contributed by atoms with Crippen molar-refractivity contribution in [2.75, 3.05) is 0 Å². The number of sulfonamides is 1. The normalized spacial score (nSPS) is 23.5. The molecule has 0 aliphatic heterocycles. The van der Waals surface area contributed by atoms with Gasteiger partial charge in [-0.25, -0.2) is 13.1 Å². The highest BCUT2D eigenvalue weighted by Gasteiger charge is 2.26. The van der Waals surface area contributed by atoms with Crippen molar-refractivity contribution in [1.29, 1.82) is 0 Å². The molecule has 0 aromatic heterocycles. The monoisotopic (exact) mass is 313 g/mol. The van der Waals surface area contributed by atoms with Crippen LogP contribution in [0.5, 0.6) is 0 Å². The summed E-state index contributed by atoms with van der Waals surface area (Å²) >= 11 is 0. The van der Waals surface area contributed by atoms with Crippen LogP contribution in [-0.2, 0) is 10.0 Å². The van der Waals surface area contributed by atoms with Crippen molar-refractivity contribution in [1.82, 2.24) is 4.72 Å². The molecule has 0 bridgehead atoms. The van der Waals surface area contributed by atoms with Gasteiger partial charge in [0.1, 0.15) is 0 Å². The number of nitro benzene ring substituents is 1. The van der Waals surface area contributed by atoms with Crippen LogP contribution >= 0.6 is 0 Å². The molecular formula is C13H19N3O4S. The first-order valence-electron chi connectivity index (χ1n) is 6.92. The quantitative estimate of drug-likeness (QED) is 0.497. The van der Waals surface area contributed by atoms with Crippen molar-refractivity contribution in [2.24, 2.45) is 5.73 Å². The maximum absolute atomic E-state index is 12.3. The van der Waals surface area contributed by atoms with Crippen molar-refractivity contribution in [3.8, 4) is 0 Å². The van der Waals surface area contributed by atoms with E-state index < -0.39 is 14.9 Å². The smallest absolute Gasteiger partial charge is 0.269 e. The molecule has 0 saturated heterocycles. The minimum atomic E-state index is -3.70. The number of non-ortho nitro benzene ring substituents is 1. The van der Waals surface area contributed by atoms with Crippen molar-refractivity contribution in [2.45, 2.75) is 49.1 Å².